The molecule has 0 bridgehead atoms. The molecule has 0 N–H and O–H groups in total. The van der Waals surface area contributed by atoms with E-state index < -0.39 is 40.9 Å². The summed E-state index contributed by atoms with van der Waals surface area (Å²) in [5.41, 5.74) is 0. The lowest BCUT2D eigenvalue weighted by Gasteiger charge is -2.55. The summed E-state index contributed by atoms with van der Waals surface area (Å²) in [5.74, 6) is -1.56. The third-order valence-electron chi connectivity index (χ3n) is 3.72. The van der Waals surface area contributed by atoms with Gasteiger partial charge in [0, 0.05) is 51.7 Å². The molecule has 12 heteroatoms. The molecule has 0 aromatic rings. The molecule has 0 saturated carbocycles. The van der Waals surface area contributed by atoms with Crippen LogP contribution in [0.25, 0.3) is 0 Å². The van der Waals surface area contributed by atoms with Gasteiger partial charge in [-0.15, -0.1) is 0 Å². The molecule has 0 saturated heterocycles. The number of Topliss-reactive ketones (excluding diaryl/α,β-unsaturated/α-hetero) is 2. The summed E-state index contributed by atoms with van der Waals surface area (Å²) >= 11 is 0. The Morgan fingerprint density at radius 3 is 1.80 bits per heavy atom. The second-order valence-electron chi connectivity index (χ2n) is 5.22. The number of hydrogen-bond donors (Lipinski definition) is 0. The molecule has 0 fully saturated rings. The van der Waals surface area contributed by atoms with E-state index in [1.165, 1.54) is 6.92 Å². The third-order valence-corrected chi connectivity index (χ3v) is 3.72. The average molecular weight is 246 g/mol. The predicted octanol–water partition coefficient (Wildman–Crippen LogP) is -2.58. The fourth-order valence-electron chi connectivity index (χ4n) is 2.48. The summed E-state index contributed by atoms with van der Waals surface area (Å²) in [6, 6.07) is 0. The van der Waals surface area contributed by atoms with Gasteiger partial charge < -0.3 is 9.59 Å². The van der Waals surface area contributed by atoms with E-state index in [0.717, 1.165) is 14.2 Å². The molecular weight excluding hydrogens is 236 g/mol. The highest BCUT2D eigenvalue weighted by molar-refractivity contribution is 7.54. The molecule has 14 radical (unpaired) electrons. The van der Waals surface area contributed by atoms with Crippen LogP contribution in [-0.4, -0.2) is 85.3 Å². The Hall–Kier alpha value is -0.0106. The fourth-order valence-corrected chi connectivity index (χ4v) is 2.48. The van der Waals surface area contributed by atoms with Gasteiger partial charge in [-0.2, -0.15) is 0 Å². The first-order chi connectivity index (χ1) is 9.03. The Morgan fingerprint density at radius 1 is 1.15 bits per heavy atom. The Morgan fingerprint density at radius 2 is 1.60 bits per heavy atom. The van der Waals surface area contributed by atoms with Crippen LogP contribution in [0.15, 0.2) is 0 Å². The summed E-state index contributed by atoms with van der Waals surface area (Å²) in [4.78, 5) is 24.7. The van der Waals surface area contributed by atoms with Crippen LogP contribution in [0.2, 0.25) is 10.4 Å². The molecule has 2 unspecified atom stereocenters. The summed E-state index contributed by atoms with van der Waals surface area (Å²) < 4.78 is 0. The van der Waals surface area contributed by atoms with Crippen LogP contribution in [-0.2, 0) is 9.59 Å². The van der Waals surface area contributed by atoms with Gasteiger partial charge in [-0.1, -0.05) is 13.8 Å². The standard InChI is InChI=1S/C8H10B10O2/c1-4(2)6(20)8(17(12)13,18(14)16-11)7(9,15-10)5(3)19/h4H,1-3H3. The van der Waals surface area contributed by atoms with Crippen LogP contribution in [0.4, 0.5) is 0 Å². The molecule has 0 aliphatic heterocycles. The maximum absolute atomic E-state index is 12.7. The van der Waals surface area contributed by atoms with Crippen molar-refractivity contribution in [1.82, 2.24) is 0 Å². The molecule has 0 rings (SSSR count). The molecule has 0 heterocycles. The molecule has 2 nitrogen and oxygen atoms in total. The van der Waals surface area contributed by atoms with Gasteiger partial charge in [0.25, 0.3) is 0 Å². The Kier molecular flexibility index (Phi) is 7.31. The third kappa shape index (κ3) is 2.95. The minimum atomic E-state index is -1.92. The maximum atomic E-state index is 12.7. The molecule has 2 atom stereocenters. The molecule has 0 aromatic heterocycles. The number of ketones is 2. The Labute approximate surface area is 132 Å². The van der Waals surface area contributed by atoms with Gasteiger partial charge in [0.2, 0.25) is 0 Å². The first-order valence-electron chi connectivity index (χ1n) is 6.26. The number of rotatable bonds is 8. The highest BCUT2D eigenvalue weighted by Crippen LogP contribution is 2.53. The lowest BCUT2D eigenvalue weighted by molar-refractivity contribution is -0.127. The van der Waals surface area contributed by atoms with Crippen LogP contribution in [0.3, 0.4) is 0 Å². The minimum absolute atomic E-state index is 0.471. The van der Waals surface area contributed by atoms with E-state index >= 15 is 0 Å². The van der Waals surface area contributed by atoms with E-state index in [0.29, 0.717) is 0 Å². The van der Waals surface area contributed by atoms with E-state index in [1.54, 1.807) is 13.8 Å². The predicted molar refractivity (Wildman–Crippen MR) is 93.5 cm³/mol. The number of carbonyl (C=O) groups excluding carboxylic acids is 2. The first-order valence-corrected chi connectivity index (χ1v) is 6.26. The van der Waals surface area contributed by atoms with Crippen molar-refractivity contribution in [3.8, 4) is 0 Å². The van der Waals surface area contributed by atoms with Gasteiger partial charge in [-0.3, -0.25) is 0 Å². The topological polar surface area (TPSA) is 34.1 Å². The minimum Gasteiger partial charge on any atom is -0.301 e. The van der Waals surface area contributed by atoms with Crippen molar-refractivity contribution in [1.29, 1.82) is 0 Å². The van der Waals surface area contributed by atoms with Crippen molar-refractivity contribution in [2.45, 2.75) is 31.2 Å². The second kappa shape index (κ2) is 7.31. The number of carbonyl (C=O) groups is 2. The Balaban J connectivity index is 6.42. The van der Waals surface area contributed by atoms with Crippen molar-refractivity contribution in [3.63, 3.8) is 0 Å². The van der Waals surface area contributed by atoms with E-state index in [4.69, 9.17) is 46.5 Å². The normalized spacial score (nSPS) is 16.6. The lowest BCUT2D eigenvalue weighted by Crippen LogP contribution is -2.65. The van der Waals surface area contributed by atoms with Gasteiger partial charge in [0.05, 0.1) is 28.0 Å². The van der Waals surface area contributed by atoms with Crippen LogP contribution in [0, 0.1) is 5.92 Å². The second-order valence-corrected chi connectivity index (χ2v) is 5.22. The highest BCUT2D eigenvalue weighted by Gasteiger charge is 2.57. The zero-order valence-corrected chi connectivity index (χ0v) is 12.2. The SMILES string of the molecule is [B][B]B([B])C(B([B])[B])(C(=O)C(C)C)C([B])([B][B])C(C)=O. The maximum Gasteiger partial charge on any atom is 0.124 e. The summed E-state index contributed by atoms with van der Waals surface area (Å²) in [5, 5.41) is -3.74. The van der Waals surface area contributed by atoms with Crippen LogP contribution in [0.5, 0.6) is 0 Å². The highest BCUT2D eigenvalue weighted by atomic mass is 16.1. The van der Waals surface area contributed by atoms with Crippen LogP contribution < -0.4 is 0 Å². The van der Waals surface area contributed by atoms with Gasteiger partial charge in [-0.25, -0.2) is 0 Å². The molecule has 0 spiro atoms. The van der Waals surface area contributed by atoms with Crippen LogP contribution in [0.1, 0.15) is 20.8 Å². The molecule has 0 amide bonds. The smallest absolute Gasteiger partial charge is 0.124 e. The van der Waals surface area contributed by atoms with E-state index in [2.05, 4.69) is 0 Å². The van der Waals surface area contributed by atoms with E-state index in [1.807, 2.05) is 0 Å². The van der Waals surface area contributed by atoms with Gasteiger partial charge >= 0.3 is 0 Å². The van der Waals surface area contributed by atoms with Gasteiger partial charge in [-0.05, 0) is 17.4 Å². The fraction of sp³-hybridized carbons (Fsp3) is 0.750. The molecule has 0 aliphatic carbocycles. The van der Waals surface area contributed by atoms with Gasteiger partial charge in [0.15, 0.2) is 0 Å². The summed E-state index contributed by atoms with van der Waals surface area (Å²) in [6.45, 7) is 1.99. The molecular formula is C8H10B10O2. The summed E-state index contributed by atoms with van der Waals surface area (Å²) in [7, 11) is 36.5. The first kappa shape index (κ1) is 20.0. The van der Waals surface area contributed by atoms with Crippen LogP contribution >= 0.6 is 0 Å². The average Bonchev–Trinajstić information content (AvgIpc) is 2.37. The molecule has 0 aromatic carbocycles. The molecule has 20 heavy (non-hydrogen) atoms. The van der Waals surface area contributed by atoms with Crippen molar-refractivity contribution in [2.24, 2.45) is 5.92 Å². The molecule has 84 valence electrons. The lowest BCUT2D eigenvalue weighted by atomic mass is 8.82. The number of hydrogen-bond acceptors (Lipinski definition) is 2. The zero-order valence-electron chi connectivity index (χ0n) is 12.2. The molecule has 0 aliphatic rings. The summed E-state index contributed by atoms with van der Waals surface area (Å²) in [6.07, 6.45) is 0. The van der Waals surface area contributed by atoms with E-state index in [-0.39, 0.29) is 0 Å². The van der Waals surface area contributed by atoms with E-state index in [9.17, 15) is 9.59 Å². The largest absolute Gasteiger partial charge is 0.301 e. The quantitative estimate of drug-likeness (QED) is 0.441. The zero-order chi connectivity index (χ0) is 16.3. The Bertz CT molecular complexity index is 374. The monoisotopic (exact) mass is 248 g/mol. The van der Waals surface area contributed by atoms with Crippen molar-refractivity contribution >= 4 is 85.3 Å². The van der Waals surface area contributed by atoms with Crippen molar-refractivity contribution in [2.75, 3.05) is 0 Å². The van der Waals surface area contributed by atoms with Gasteiger partial charge in [0.1, 0.15) is 11.6 Å². The van der Waals surface area contributed by atoms with Crippen molar-refractivity contribution in [3.05, 3.63) is 0 Å². The van der Waals surface area contributed by atoms with Crippen molar-refractivity contribution < 1.29 is 9.59 Å².